The first-order valence-electron chi connectivity index (χ1n) is 5.61. The Kier molecular flexibility index (Phi) is 8.64. The van der Waals surface area contributed by atoms with Crippen LogP contribution >= 0.6 is 0 Å². The predicted octanol–water partition coefficient (Wildman–Crippen LogP) is 1.63. The van der Waals surface area contributed by atoms with E-state index in [2.05, 4.69) is 5.32 Å². The third kappa shape index (κ3) is 6.89. The monoisotopic (exact) mass is 200 g/mol. The lowest BCUT2D eigenvalue weighted by atomic mass is 10.2. The molecule has 0 aliphatic carbocycles. The van der Waals surface area contributed by atoms with Gasteiger partial charge in [-0.1, -0.05) is 13.3 Å². The summed E-state index contributed by atoms with van der Waals surface area (Å²) in [6, 6.07) is 0. The van der Waals surface area contributed by atoms with Crippen LogP contribution in [0.5, 0.6) is 0 Å². The van der Waals surface area contributed by atoms with Gasteiger partial charge in [0.15, 0.2) is 0 Å². The third-order valence-corrected chi connectivity index (χ3v) is 2.31. The van der Waals surface area contributed by atoms with E-state index >= 15 is 0 Å². The van der Waals surface area contributed by atoms with Gasteiger partial charge in [-0.2, -0.15) is 0 Å². The molecule has 3 nitrogen and oxygen atoms in total. The lowest BCUT2D eigenvalue weighted by Crippen LogP contribution is -2.27. The number of nitrogens with one attached hydrogen (secondary N) is 1. The predicted molar refractivity (Wildman–Crippen MR) is 60.3 cm³/mol. The average Bonchev–Trinajstić information content (AvgIpc) is 2.17. The minimum Gasteiger partial charge on any atom is -0.346 e. The van der Waals surface area contributed by atoms with Gasteiger partial charge >= 0.3 is 0 Å². The van der Waals surface area contributed by atoms with E-state index in [0.29, 0.717) is 6.42 Å². The van der Waals surface area contributed by atoms with E-state index in [1.165, 1.54) is 12.8 Å². The highest BCUT2D eigenvalue weighted by Gasteiger charge is 2.05. The molecule has 0 saturated carbocycles. The largest absolute Gasteiger partial charge is 0.346 e. The lowest BCUT2D eigenvalue weighted by molar-refractivity contribution is -0.129. The molecule has 84 valence electrons. The fourth-order valence-electron chi connectivity index (χ4n) is 1.36. The second-order valence-corrected chi connectivity index (χ2v) is 3.73. The number of carbonyl (C=O) groups excluding carboxylic acids is 1. The van der Waals surface area contributed by atoms with Crippen molar-refractivity contribution in [3.8, 4) is 0 Å². The molecule has 1 N–H and O–H groups in total. The molecule has 1 amide bonds. The highest BCUT2D eigenvalue weighted by atomic mass is 16.2. The molecule has 0 radical (unpaired) electrons. The van der Waals surface area contributed by atoms with Crippen molar-refractivity contribution >= 4 is 5.91 Å². The Morgan fingerprint density at radius 2 is 2.00 bits per heavy atom. The van der Waals surface area contributed by atoms with E-state index in [0.717, 1.165) is 25.9 Å². The van der Waals surface area contributed by atoms with Gasteiger partial charge in [0.2, 0.25) is 5.91 Å². The number of unbranched alkanes of at least 4 members (excludes halogenated alkanes) is 2. The standard InChI is InChI=1S/C11H24N2O/c1-4-8-11(14)13(3)10-7-5-6-9-12-2/h12H,4-10H2,1-3H3. The molecule has 0 rings (SSSR count). The first-order chi connectivity index (χ1) is 6.72. The molecule has 3 heteroatoms. The van der Waals surface area contributed by atoms with E-state index < -0.39 is 0 Å². The van der Waals surface area contributed by atoms with Crippen LogP contribution in [-0.2, 0) is 4.79 Å². The molecule has 0 fully saturated rings. The summed E-state index contributed by atoms with van der Waals surface area (Å²) >= 11 is 0. The van der Waals surface area contributed by atoms with Crippen molar-refractivity contribution in [3.63, 3.8) is 0 Å². The van der Waals surface area contributed by atoms with Crippen molar-refractivity contribution in [1.29, 1.82) is 0 Å². The van der Waals surface area contributed by atoms with Gasteiger partial charge in [0.25, 0.3) is 0 Å². The molecule has 0 aliphatic heterocycles. The molecule has 0 saturated heterocycles. The Bertz CT molecular complexity index is 148. The fraction of sp³-hybridized carbons (Fsp3) is 0.909. The Labute approximate surface area is 87.9 Å². The summed E-state index contributed by atoms with van der Waals surface area (Å²) in [5, 5.41) is 3.12. The van der Waals surface area contributed by atoms with E-state index in [1.54, 1.807) is 0 Å². The molecule has 0 atom stereocenters. The summed E-state index contributed by atoms with van der Waals surface area (Å²) < 4.78 is 0. The zero-order valence-electron chi connectivity index (χ0n) is 9.81. The summed E-state index contributed by atoms with van der Waals surface area (Å²) in [4.78, 5) is 13.2. The van der Waals surface area contributed by atoms with Crippen molar-refractivity contribution in [2.45, 2.75) is 39.0 Å². The van der Waals surface area contributed by atoms with Crippen LogP contribution in [0.2, 0.25) is 0 Å². The number of amides is 1. The van der Waals surface area contributed by atoms with E-state index in [-0.39, 0.29) is 5.91 Å². The van der Waals surface area contributed by atoms with Crippen LogP contribution in [0, 0.1) is 0 Å². The maximum Gasteiger partial charge on any atom is 0.222 e. The van der Waals surface area contributed by atoms with Gasteiger partial charge in [-0.25, -0.2) is 0 Å². The van der Waals surface area contributed by atoms with E-state index in [1.807, 2.05) is 25.9 Å². The van der Waals surface area contributed by atoms with Crippen molar-refractivity contribution in [3.05, 3.63) is 0 Å². The molecule has 0 aliphatic rings. The Morgan fingerprint density at radius 1 is 1.29 bits per heavy atom. The summed E-state index contributed by atoms with van der Waals surface area (Å²) in [6.07, 6.45) is 5.15. The smallest absolute Gasteiger partial charge is 0.222 e. The van der Waals surface area contributed by atoms with E-state index in [9.17, 15) is 4.79 Å². The summed E-state index contributed by atoms with van der Waals surface area (Å²) in [5.74, 6) is 0.279. The van der Waals surface area contributed by atoms with Crippen LogP contribution in [0.4, 0.5) is 0 Å². The van der Waals surface area contributed by atoms with Crippen LogP contribution < -0.4 is 5.32 Å². The van der Waals surface area contributed by atoms with Crippen molar-refractivity contribution < 1.29 is 4.79 Å². The second-order valence-electron chi connectivity index (χ2n) is 3.73. The van der Waals surface area contributed by atoms with Crippen LogP contribution in [0.1, 0.15) is 39.0 Å². The van der Waals surface area contributed by atoms with Crippen LogP contribution in [0.3, 0.4) is 0 Å². The van der Waals surface area contributed by atoms with Crippen molar-refractivity contribution in [2.75, 3.05) is 27.2 Å². The number of carbonyl (C=O) groups is 1. The molecular formula is C11H24N2O. The van der Waals surface area contributed by atoms with Crippen LogP contribution in [-0.4, -0.2) is 38.0 Å². The third-order valence-electron chi connectivity index (χ3n) is 2.31. The Balaban J connectivity index is 3.34. The zero-order valence-corrected chi connectivity index (χ0v) is 9.81. The molecule has 0 aromatic carbocycles. The average molecular weight is 200 g/mol. The molecule has 0 bridgehead atoms. The topological polar surface area (TPSA) is 32.3 Å². The normalized spacial score (nSPS) is 10.2. The SMILES string of the molecule is CCCC(=O)N(C)CCCCCNC. The van der Waals surface area contributed by atoms with Gasteiger partial charge in [0.05, 0.1) is 0 Å². The lowest BCUT2D eigenvalue weighted by Gasteiger charge is -2.16. The molecule has 0 aromatic heterocycles. The van der Waals surface area contributed by atoms with Crippen LogP contribution in [0.25, 0.3) is 0 Å². The van der Waals surface area contributed by atoms with Gasteiger partial charge in [-0.05, 0) is 32.9 Å². The molecule has 14 heavy (non-hydrogen) atoms. The Hall–Kier alpha value is -0.570. The van der Waals surface area contributed by atoms with Crippen LogP contribution in [0.15, 0.2) is 0 Å². The highest BCUT2D eigenvalue weighted by Crippen LogP contribution is 1.99. The molecule has 0 aromatic rings. The van der Waals surface area contributed by atoms with Crippen molar-refractivity contribution in [2.24, 2.45) is 0 Å². The second kappa shape index (κ2) is 9.00. The summed E-state index contributed by atoms with van der Waals surface area (Å²) in [6.45, 7) is 4.02. The quantitative estimate of drug-likeness (QED) is 0.604. The van der Waals surface area contributed by atoms with Gasteiger partial charge in [0.1, 0.15) is 0 Å². The first kappa shape index (κ1) is 13.4. The van der Waals surface area contributed by atoms with Gasteiger partial charge in [-0.15, -0.1) is 0 Å². The molecule has 0 spiro atoms. The van der Waals surface area contributed by atoms with Crippen molar-refractivity contribution in [1.82, 2.24) is 10.2 Å². The molecule has 0 heterocycles. The minimum absolute atomic E-state index is 0.279. The zero-order chi connectivity index (χ0) is 10.8. The number of rotatable bonds is 8. The highest BCUT2D eigenvalue weighted by molar-refractivity contribution is 5.75. The minimum atomic E-state index is 0.279. The number of hydrogen-bond donors (Lipinski definition) is 1. The summed E-state index contributed by atoms with van der Waals surface area (Å²) in [7, 11) is 3.87. The van der Waals surface area contributed by atoms with E-state index in [4.69, 9.17) is 0 Å². The summed E-state index contributed by atoms with van der Waals surface area (Å²) in [5.41, 5.74) is 0. The Morgan fingerprint density at radius 3 is 2.57 bits per heavy atom. The van der Waals surface area contributed by atoms with Gasteiger partial charge in [0, 0.05) is 20.0 Å². The van der Waals surface area contributed by atoms with Gasteiger partial charge < -0.3 is 10.2 Å². The number of hydrogen-bond acceptors (Lipinski definition) is 2. The first-order valence-corrected chi connectivity index (χ1v) is 5.61. The van der Waals surface area contributed by atoms with Gasteiger partial charge in [-0.3, -0.25) is 4.79 Å². The maximum atomic E-state index is 11.4. The molecular weight excluding hydrogens is 176 g/mol. The molecule has 0 unspecified atom stereocenters. The maximum absolute atomic E-state index is 11.4. The number of nitrogens with zero attached hydrogens (tertiary/aromatic N) is 1. The fourth-order valence-corrected chi connectivity index (χ4v) is 1.36.